The summed E-state index contributed by atoms with van der Waals surface area (Å²) in [6, 6.07) is -1.54. The van der Waals surface area contributed by atoms with Crippen molar-refractivity contribution in [3.05, 3.63) is 0 Å². The largest absolute Gasteiger partial charge is 0.477 e. The van der Waals surface area contributed by atoms with E-state index in [1.807, 2.05) is 0 Å². The minimum atomic E-state index is -2.91. The molecule has 8 aliphatic heterocycles. The number of aliphatic hydroxyl groups excluding tert-OH is 22. The molecular weight excluding hydrogens is 1300 g/mol. The molecule has 25 N–H and O–H groups in total. The number of carboxylic acid groups (broad SMARTS) is 1. The number of aliphatic carboxylic acids is 1. The van der Waals surface area contributed by atoms with Gasteiger partial charge in [-0.2, -0.15) is 0 Å². The number of carbonyl (C=O) groups is 1. The summed E-state index contributed by atoms with van der Waals surface area (Å²) < 4.78 is 88.2. The van der Waals surface area contributed by atoms with Crippen molar-refractivity contribution in [2.75, 3.05) is 52.9 Å². The van der Waals surface area contributed by atoms with Crippen LogP contribution in [0.5, 0.6) is 0 Å². The van der Waals surface area contributed by atoms with E-state index < -0.39 is 316 Å². The topological polar surface area (TPSA) is 647 Å². The highest BCUT2D eigenvalue weighted by Gasteiger charge is 2.60. The Morgan fingerprint density at radius 3 is 1.34 bits per heavy atom. The number of aliphatic hydroxyl groups is 22. The summed E-state index contributed by atoms with van der Waals surface area (Å²) in [6.45, 7) is -1.46. The van der Waals surface area contributed by atoms with E-state index in [9.17, 15) is 122 Å². The average Bonchev–Trinajstić information content (AvgIpc) is 0.804. The fourth-order valence-electron chi connectivity index (χ4n) is 12.7. The molecular formula is C55H95NO39. The highest BCUT2D eigenvalue weighted by atomic mass is 16.8. The van der Waals surface area contributed by atoms with E-state index >= 15 is 0 Å². The molecule has 8 heterocycles. The van der Waals surface area contributed by atoms with Gasteiger partial charge in [-0.3, -0.25) is 0 Å². The Bertz CT molecular complexity index is 2360. The third-order valence-electron chi connectivity index (χ3n) is 19.1. The molecule has 8 saturated heterocycles. The van der Waals surface area contributed by atoms with Crippen molar-refractivity contribution in [2.45, 2.75) is 267 Å². The lowest BCUT2D eigenvalue weighted by atomic mass is 9.88. The first-order valence-corrected chi connectivity index (χ1v) is 31.2. The number of rotatable bonds is 25. The van der Waals surface area contributed by atoms with Crippen molar-refractivity contribution in [1.82, 2.24) is 0 Å². The zero-order valence-electron chi connectivity index (χ0n) is 51.9. The third kappa shape index (κ3) is 16.4. The van der Waals surface area contributed by atoms with Crippen LogP contribution < -0.4 is 5.73 Å². The molecule has 0 bridgehead atoms. The van der Waals surface area contributed by atoms with Crippen molar-refractivity contribution in [1.29, 1.82) is 0 Å². The van der Waals surface area contributed by atoms with Gasteiger partial charge >= 0.3 is 5.97 Å². The second-order valence-corrected chi connectivity index (χ2v) is 25.4. The van der Waals surface area contributed by atoms with Crippen molar-refractivity contribution in [3.8, 4) is 0 Å². The predicted molar refractivity (Wildman–Crippen MR) is 297 cm³/mol. The van der Waals surface area contributed by atoms with Gasteiger partial charge in [0.05, 0.1) is 89.4 Å². The number of hydrogen-bond acceptors (Lipinski definition) is 39. The summed E-state index contributed by atoms with van der Waals surface area (Å²) in [4.78, 5) is 12.7. The van der Waals surface area contributed by atoms with Crippen LogP contribution in [0.25, 0.3) is 0 Å². The lowest BCUT2D eigenvalue weighted by Crippen LogP contribution is -2.68. The monoisotopic (exact) mass is 1390 g/mol. The molecule has 0 aromatic heterocycles. The van der Waals surface area contributed by atoms with Crippen LogP contribution in [0.4, 0.5) is 0 Å². The van der Waals surface area contributed by atoms with Gasteiger partial charge in [0.1, 0.15) is 153 Å². The number of nitrogens with two attached hydrogens (primary N) is 1. The lowest BCUT2D eigenvalue weighted by molar-refractivity contribution is -0.401. The molecule has 40 heteroatoms. The summed E-state index contributed by atoms with van der Waals surface area (Å²) in [5.41, 5.74) is 5.93. The molecule has 95 heavy (non-hydrogen) atoms. The molecule has 0 radical (unpaired) electrons. The SMILES string of the molecule is CC1[C@H](OC2C(O)[C@H](O)[C@@H](CO)O[C@@H]2OC2[C@H](O)C(CO[C@H]3OC(CO)[C@@H](O)[C@H](O)C3O)O[C@@H](O[C@@H]3C(CO)O[C@@H](O[C@@H]4C(CO)O[C@@H](C)[C@@H](C)C4O)[C@@H](C)C3O)[C@@H]2O)OC(CO)[C@@H](O[C@@H]2OC(CO[C@]3(C(=O)O)C[C@@H](O)[C@@H](N)C([C@H](O)[C@H](O)CO)O3)[C@H](O)C(O)[C@@H]2O)[C@@H]1O. The Balaban J connectivity index is 1.01. The number of carboxylic acids is 1. The van der Waals surface area contributed by atoms with Crippen LogP contribution in [0.1, 0.15) is 34.1 Å². The van der Waals surface area contributed by atoms with Crippen molar-refractivity contribution in [2.24, 2.45) is 23.5 Å². The first-order valence-electron chi connectivity index (χ1n) is 31.2. The Morgan fingerprint density at radius 2 is 0.832 bits per heavy atom. The standard InChI is InChI=1S/C55H95NO39/c1-14-17(4)83-22(9-60)42(28(14)65)90-48-15(2)29(66)44(24(11-62)86-48)92-52-41(78)46(35(72)25(88-52)12-81-50-39(76)36(73)32(69)20(7-58)84-50)93-53-47(38(75)33(70)21(8-59)85-53)94-49-16(3)30(67)43(23(10-61)87-49)91-51-40(77)37(74)34(71)26(89-51)13-82-55(54(79)80)5-18(63)27(56)45(95-55)31(68)19(64)6-57/h14-53,57-78H,5-13,56H2,1-4H3,(H,79,80)/t14-,15+,16?,17+,18-,19-,20?,21-,22?,23?,24?,25?,26?,27-,28?,29?,30-,31-,32-,33-,34+,35-,36+,37?,38?,39?,40+,41-,42-,43-,44-,45?,46?,47?,48+,49+,50+,51+,52+,53-,55-/m1/s1. The molecule has 40 nitrogen and oxygen atoms in total. The van der Waals surface area contributed by atoms with Crippen molar-refractivity contribution >= 4 is 5.97 Å². The van der Waals surface area contributed by atoms with E-state index in [0.29, 0.717) is 0 Å². The van der Waals surface area contributed by atoms with Crippen molar-refractivity contribution < 1.29 is 193 Å². The third-order valence-corrected chi connectivity index (χ3v) is 19.1. The van der Waals surface area contributed by atoms with Crippen LogP contribution in [0.15, 0.2) is 0 Å². The molecule has 554 valence electrons. The smallest absolute Gasteiger partial charge is 0.364 e. The van der Waals surface area contributed by atoms with Crippen LogP contribution in [0, 0.1) is 17.8 Å². The Kier molecular flexibility index (Phi) is 27.6. The zero-order chi connectivity index (χ0) is 70.1. The quantitative estimate of drug-likeness (QED) is 0.0404. The van der Waals surface area contributed by atoms with Gasteiger partial charge < -0.3 is 194 Å². The first kappa shape index (κ1) is 78.7. The number of hydrogen-bond donors (Lipinski definition) is 24. The maximum atomic E-state index is 12.7. The van der Waals surface area contributed by atoms with E-state index in [1.54, 1.807) is 13.8 Å². The molecule has 8 fully saturated rings. The van der Waals surface area contributed by atoms with Gasteiger partial charge in [0.25, 0.3) is 5.79 Å². The van der Waals surface area contributed by atoms with Gasteiger partial charge in [-0.1, -0.05) is 20.8 Å². The van der Waals surface area contributed by atoms with Gasteiger partial charge in [-0.25, -0.2) is 4.79 Å². The molecule has 8 rings (SSSR count). The highest BCUT2D eigenvalue weighted by molar-refractivity contribution is 5.76. The molecule has 0 saturated carbocycles. The Morgan fingerprint density at radius 1 is 0.432 bits per heavy atom. The second-order valence-electron chi connectivity index (χ2n) is 25.4. The Hall–Kier alpha value is -2.05. The molecule has 0 aromatic rings. The summed E-state index contributed by atoms with van der Waals surface area (Å²) in [5, 5.41) is 250. The van der Waals surface area contributed by atoms with E-state index in [2.05, 4.69) is 0 Å². The maximum Gasteiger partial charge on any atom is 0.364 e. The van der Waals surface area contributed by atoms with E-state index in [0.717, 1.165) is 0 Å². The van der Waals surface area contributed by atoms with Gasteiger partial charge in [-0.15, -0.1) is 0 Å². The van der Waals surface area contributed by atoms with Gasteiger partial charge in [0.15, 0.2) is 37.7 Å². The van der Waals surface area contributed by atoms with Crippen LogP contribution >= 0.6 is 0 Å². The molecule has 0 aromatic carbocycles. The summed E-state index contributed by atoms with van der Waals surface area (Å²) in [6.07, 6.45) is -66.6. The number of ether oxygens (including phenoxy) is 15. The fourth-order valence-corrected chi connectivity index (χ4v) is 12.7. The van der Waals surface area contributed by atoms with E-state index in [4.69, 9.17) is 76.8 Å². The summed E-state index contributed by atoms with van der Waals surface area (Å²) >= 11 is 0. The van der Waals surface area contributed by atoms with Gasteiger partial charge in [0, 0.05) is 24.2 Å². The van der Waals surface area contributed by atoms with E-state index in [1.165, 1.54) is 13.8 Å². The minimum Gasteiger partial charge on any atom is -0.477 e. The minimum absolute atomic E-state index is 0.503. The maximum absolute atomic E-state index is 12.7. The first-order chi connectivity index (χ1) is 44.8. The van der Waals surface area contributed by atoms with Gasteiger partial charge in [0.2, 0.25) is 0 Å². The zero-order valence-corrected chi connectivity index (χ0v) is 51.9. The van der Waals surface area contributed by atoms with Crippen LogP contribution in [0.3, 0.4) is 0 Å². The molecule has 0 amide bonds. The van der Waals surface area contributed by atoms with Crippen LogP contribution in [-0.4, -0.2) is 409 Å². The van der Waals surface area contributed by atoms with Crippen LogP contribution in [-0.2, 0) is 75.8 Å². The summed E-state index contributed by atoms with van der Waals surface area (Å²) in [5.74, 6) is -7.86. The molecule has 0 aliphatic carbocycles. The molecule has 41 atom stereocenters. The Labute approximate surface area is 541 Å². The predicted octanol–water partition coefficient (Wildman–Crippen LogP) is -14.4. The highest BCUT2D eigenvalue weighted by Crippen LogP contribution is 2.41. The molecule has 8 aliphatic rings. The van der Waals surface area contributed by atoms with Crippen molar-refractivity contribution in [3.63, 3.8) is 0 Å². The normalized spacial score (nSPS) is 51.6. The summed E-state index contributed by atoms with van der Waals surface area (Å²) in [7, 11) is 0. The van der Waals surface area contributed by atoms with Gasteiger partial charge in [-0.05, 0) is 6.92 Å². The fraction of sp³-hybridized carbons (Fsp3) is 0.982. The molecule has 15 unspecified atom stereocenters. The average molecular weight is 1390 g/mol. The lowest BCUT2D eigenvalue weighted by Gasteiger charge is -2.51. The molecule has 0 spiro atoms. The van der Waals surface area contributed by atoms with E-state index in [-0.39, 0.29) is 0 Å². The van der Waals surface area contributed by atoms with Crippen LogP contribution in [0.2, 0.25) is 0 Å². The second kappa shape index (κ2) is 33.4.